The number of amides is 1. The Hall–Kier alpha value is -3.50. The molecule has 1 saturated heterocycles. The zero-order valence-electron chi connectivity index (χ0n) is 20.6. The standard InChI is InChI=1S/C25H32N8O2/c1-30(2)8-9-31-10-12-32(13-11-31)24(34)21-16-33(29-23(21)26)25-27-15-18-5-4-17-14-19(35-3)6-7-20(17)22(18)28-25/h6-7,14-16H,4-5,8-13H2,1-3H3,(H2,26,29). The fraction of sp³-hybridized carbons (Fsp3) is 0.440. The van der Waals surface area contributed by atoms with Gasteiger partial charge in [0.1, 0.15) is 11.3 Å². The average molecular weight is 477 g/mol. The van der Waals surface area contributed by atoms with E-state index in [-0.39, 0.29) is 11.7 Å². The molecule has 0 bridgehead atoms. The number of methoxy groups -OCH3 is 1. The summed E-state index contributed by atoms with van der Waals surface area (Å²) in [6.45, 7) is 5.06. The van der Waals surface area contributed by atoms with Crippen LogP contribution in [0, 0.1) is 0 Å². The quantitative estimate of drug-likeness (QED) is 0.568. The van der Waals surface area contributed by atoms with Crippen LogP contribution in [0.15, 0.2) is 30.6 Å². The van der Waals surface area contributed by atoms with Gasteiger partial charge in [-0.15, -0.1) is 5.10 Å². The molecule has 1 aliphatic heterocycles. The van der Waals surface area contributed by atoms with Crippen LogP contribution in [0.5, 0.6) is 5.75 Å². The Labute approximate surface area is 205 Å². The summed E-state index contributed by atoms with van der Waals surface area (Å²) in [4.78, 5) is 28.9. The topological polar surface area (TPSA) is 106 Å². The van der Waals surface area contributed by atoms with Crippen LogP contribution in [0.3, 0.4) is 0 Å². The second-order valence-corrected chi connectivity index (χ2v) is 9.38. The molecule has 1 fully saturated rings. The predicted molar refractivity (Wildman–Crippen MR) is 134 cm³/mol. The van der Waals surface area contributed by atoms with E-state index in [9.17, 15) is 4.79 Å². The molecule has 10 nitrogen and oxygen atoms in total. The van der Waals surface area contributed by atoms with Crippen molar-refractivity contribution >= 4 is 11.7 Å². The van der Waals surface area contributed by atoms with E-state index in [4.69, 9.17) is 15.5 Å². The lowest BCUT2D eigenvalue weighted by Gasteiger charge is -2.35. The highest BCUT2D eigenvalue weighted by Gasteiger charge is 2.26. The molecule has 184 valence electrons. The van der Waals surface area contributed by atoms with Crippen molar-refractivity contribution in [1.29, 1.82) is 0 Å². The lowest BCUT2D eigenvalue weighted by molar-refractivity contribution is 0.0630. The second kappa shape index (κ2) is 9.63. The molecule has 3 heterocycles. The van der Waals surface area contributed by atoms with Crippen molar-refractivity contribution in [3.63, 3.8) is 0 Å². The molecule has 10 heteroatoms. The van der Waals surface area contributed by atoms with E-state index in [0.29, 0.717) is 24.6 Å². The van der Waals surface area contributed by atoms with Crippen LogP contribution in [0.25, 0.3) is 17.2 Å². The van der Waals surface area contributed by atoms with Crippen molar-refractivity contribution in [2.24, 2.45) is 0 Å². The summed E-state index contributed by atoms with van der Waals surface area (Å²) in [6.07, 6.45) is 5.27. The summed E-state index contributed by atoms with van der Waals surface area (Å²) in [5, 5.41) is 4.38. The van der Waals surface area contributed by atoms with E-state index in [2.05, 4.69) is 40.0 Å². The van der Waals surface area contributed by atoms with Gasteiger partial charge in [-0.3, -0.25) is 9.69 Å². The highest BCUT2D eigenvalue weighted by molar-refractivity contribution is 5.98. The number of nitrogens with two attached hydrogens (primary N) is 1. The first kappa shape index (κ1) is 23.3. The lowest BCUT2D eigenvalue weighted by atomic mass is 9.90. The van der Waals surface area contributed by atoms with Gasteiger partial charge in [0.25, 0.3) is 11.9 Å². The zero-order valence-corrected chi connectivity index (χ0v) is 20.6. The first-order valence-corrected chi connectivity index (χ1v) is 12.0. The number of hydrogen-bond donors (Lipinski definition) is 1. The zero-order chi connectivity index (χ0) is 24.5. The Kier molecular flexibility index (Phi) is 6.40. The van der Waals surface area contributed by atoms with E-state index in [1.807, 2.05) is 23.2 Å². The molecule has 0 atom stereocenters. The summed E-state index contributed by atoms with van der Waals surface area (Å²) in [5.74, 6) is 1.32. The molecular weight excluding hydrogens is 444 g/mol. The maximum Gasteiger partial charge on any atom is 0.259 e. The maximum absolute atomic E-state index is 13.2. The van der Waals surface area contributed by atoms with Crippen LogP contribution in [0.4, 0.5) is 5.82 Å². The number of likely N-dealkylation sites (N-methyl/N-ethyl adjacent to an activating group) is 1. The highest BCUT2D eigenvalue weighted by Crippen LogP contribution is 2.34. The molecule has 0 spiro atoms. The normalized spacial score (nSPS) is 15.7. The van der Waals surface area contributed by atoms with Crippen molar-refractivity contribution in [1.82, 2.24) is 34.4 Å². The molecular formula is C25H32N8O2. The van der Waals surface area contributed by atoms with Crippen LogP contribution in [0.1, 0.15) is 21.5 Å². The molecule has 1 aliphatic carbocycles. The van der Waals surface area contributed by atoms with Gasteiger partial charge in [-0.1, -0.05) is 0 Å². The number of aromatic nitrogens is 4. The van der Waals surface area contributed by atoms with E-state index in [1.165, 1.54) is 10.2 Å². The molecule has 5 rings (SSSR count). The molecule has 35 heavy (non-hydrogen) atoms. The Morgan fingerprint density at radius 2 is 1.91 bits per heavy atom. The number of fused-ring (bicyclic) bond motifs is 3. The molecule has 0 unspecified atom stereocenters. The smallest absolute Gasteiger partial charge is 0.259 e. The van der Waals surface area contributed by atoms with Crippen LogP contribution in [0.2, 0.25) is 0 Å². The number of carbonyl (C=O) groups excluding carboxylic acids is 1. The fourth-order valence-electron chi connectivity index (χ4n) is 4.67. The number of hydrogen-bond acceptors (Lipinski definition) is 8. The minimum atomic E-state index is -0.101. The van der Waals surface area contributed by atoms with Crippen molar-refractivity contribution in [3.05, 3.63) is 47.3 Å². The molecule has 1 aromatic carbocycles. The minimum absolute atomic E-state index is 0.101. The van der Waals surface area contributed by atoms with Gasteiger partial charge in [0.15, 0.2) is 5.82 Å². The van der Waals surface area contributed by atoms with E-state index in [1.54, 1.807) is 13.3 Å². The van der Waals surface area contributed by atoms with Gasteiger partial charge in [0, 0.05) is 57.2 Å². The summed E-state index contributed by atoms with van der Waals surface area (Å²) in [5.41, 5.74) is 10.8. The first-order valence-electron chi connectivity index (χ1n) is 12.0. The summed E-state index contributed by atoms with van der Waals surface area (Å²) < 4.78 is 6.88. The Morgan fingerprint density at radius 1 is 1.14 bits per heavy atom. The third-order valence-corrected chi connectivity index (χ3v) is 6.78. The van der Waals surface area contributed by atoms with Crippen molar-refractivity contribution in [2.75, 3.05) is 66.2 Å². The van der Waals surface area contributed by atoms with Crippen LogP contribution < -0.4 is 10.5 Å². The Bertz CT molecular complexity index is 1230. The van der Waals surface area contributed by atoms with Crippen LogP contribution in [-0.4, -0.2) is 101 Å². The second-order valence-electron chi connectivity index (χ2n) is 9.38. The SMILES string of the molecule is COc1ccc2c(c1)CCc1cnc(-n3cc(C(=O)N4CCN(CCN(C)C)CC4)c(N)n3)nc1-2. The lowest BCUT2D eigenvalue weighted by Crippen LogP contribution is -2.50. The summed E-state index contributed by atoms with van der Waals surface area (Å²) >= 11 is 0. The predicted octanol–water partition coefficient (Wildman–Crippen LogP) is 1.34. The number of carbonyl (C=O) groups is 1. The molecule has 0 saturated carbocycles. The monoisotopic (exact) mass is 476 g/mol. The molecule has 1 amide bonds. The Morgan fingerprint density at radius 3 is 2.66 bits per heavy atom. The summed E-state index contributed by atoms with van der Waals surface area (Å²) in [7, 11) is 5.82. The van der Waals surface area contributed by atoms with E-state index >= 15 is 0 Å². The van der Waals surface area contributed by atoms with Gasteiger partial charge < -0.3 is 20.3 Å². The van der Waals surface area contributed by atoms with Gasteiger partial charge in [0.05, 0.1) is 12.8 Å². The average Bonchev–Trinajstić information content (AvgIpc) is 3.28. The molecule has 2 N–H and O–H groups in total. The van der Waals surface area contributed by atoms with Crippen molar-refractivity contribution < 1.29 is 9.53 Å². The molecule has 2 aliphatic rings. The maximum atomic E-state index is 13.2. The third-order valence-electron chi connectivity index (χ3n) is 6.78. The number of ether oxygens (including phenoxy) is 1. The van der Waals surface area contributed by atoms with E-state index in [0.717, 1.165) is 61.6 Å². The van der Waals surface area contributed by atoms with Gasteiger partial charge in [0.2, 0.25) is 0 Å². The number of aryl methyl sites for hydroxylation is 2. The largest absolute Gasteiger partial charge is 0.497 e. The first-order chi connectivity index (χ1) is 16.9. The molecule has 3 aromatic rings. The van der Waals surface area contributed by atoms with Gasteiger partial charge in [-0.05, 0) is 56.3 Å². The number of piperazine rings is 1. The van der Waals surface area contributed by atoms with Gasteiger partial charge >= 0.3 is 0 Å². The van der Waals surface area contributed by atoms with Crippen LogP contribution in [-0.2, 0) is 12.8 Å². The van der Waals surface area contributed by atoms with Crippen LogP contribution >= 0.6 is 0 Å². The number of rotatable bonds is 6. The van der Waals surface area contributed by atoms with Crippen molar-refractivity contribution in [2.45, 2.75) is 12.8 Å². The number of benzene rings is 1. The number of nitrogen functional groups attached to an aromatic ring is 1. The van der Waals surface area contributed by atoms with Gasteiger partial charge in [-0.25, -0.2) is 14.6 Å². The third kappa shape index (κ3) is 4.71. The number of anilines is 1. The number of nitrogens with zero attached hydrogens (tertiary/aromatic N) is 7. The Balaban J connectivity index is 1.34. The molecule has 2 aromatic heterocycles. The molecule has 0 radical (unpaired) electrons. The summed E-state index contributed by atoms with van der Waals surface area (Å²) in [6, 6.07) is 6.04. The highest BCUT2D eigenvalue weighted by atomic mass is 16.5. The van der Waals surface area contributed by atoms with E-state index < -0.39 is 0 Å². The minimum Gasteiger partial charge on any atom is -0.497 e. The van der Waals surface area contributed by atoms with Gasteiger partial charge in [-0.2, -0.15) is 0 Å². The van der Waals surface area contributed by atoms with Crippen molar-refractivity contribution in [3.8, 4) is 23.0 Å². The fourth-order valence-corrected chi connectivity index (χ4v) is 4.67.